The van der Waals surface area contributed by atoms with E-state index < -0.39 is 16.0 Å². The van der Waals surface area contributed by atoms with Gasteiger partial charge in [0.05, 0.1) is 24.0 Å². The molecule has 0 bridgehead atoms. The SMILES string of the molecule is NS(=O)(=O)c1ccc(N2CCOC(CC(=O)O)C2)cc1. The maximum atomic E-state index is 11.2. The number of carbonyl (C=O) groups is 1. The molecule has 0 aromatic heterocycles. The van der Waals surface area contributed by atoms with Gasteiger partial charge in [-0.3, -0.25) is 4.79 Å². The number of carboxylic acids is 1. The molecule has 110 valence electrons. The van der Waals surface area contributed by atoms with Gasteiger partial charge in [0, 0.05) is 18.8 Å². The van der Waals surface area contributed by atoms with Gasteiger partial charge in [0.2, 0.25) is 10.0 Å². The second kappa shape index (κ2) is 5.78. The molecular weight excluding hydrogens is 284 g/mol. The third-order valence-electron chi connectivity index (χ3n) is 3.07. The summed E-state index contributed by atoms with van der Waals surface area (Å²) >= 11 is 0. The standard InChI is InChI=1S/C12H16N2O5S/c13-20(17,18)11-3-1-9(2-4-11)14-5-6-19-10(8-14)7-12(15)16/h1-4,10H,5-8H2,(H,15,16)(H2,13,17,18). The van der Waals surface area contributed by atoms with E-state index in [0.717, 1.165) is 5.69 Å². The Kier molecular flexibility index (Phi) is 4.26. The minimum Gasteiger partial charge on any atom is -0.481 e. The van der Waals surface area contributed by atoms with Gasteiger partial charge in [0.25, 0.3) is 0 Å². The van der Waals surface area contributed by atoms with Crippen LogP contribution in [0.25, 0.3) is 0 Å². The first-order valence-corrected chi connectivity index (χ1v) is 7.62. The van der Waals surface area contributed by atoms with Crippen molar-refractivity contribution in [2.45, 2.75) is 17.4 Å². The van der Waals surface area contributed by atoms with Crippen LogP contribution in [0.3, 0.4) is 0 Å². The Labute approximate surface area is 117 Å². The lowest BCUT2D eigenvalue weighted by Crippen LogP contribution is -2.43. The number of sulfonamides is 1. The number of morpholine rings is 1. The molecule has 0 aliphatic carbocycles. The van der Waals surface area contributed by atoms with Crippen LogP contribution >= 0.6 is 0 Å². The molecule has 8 heteroatoms. The van der Waals surface area contributed by atoms with E-state index in [1.807, 2.05) is 4.90 Å². The van der Waals surface area contributed by atoms with Crippen LogP contribution < -0.4 is 10.0 Å². The molecule has 0 spiro atoms. The molecule has 1 heterocycles. The number of ether oxygens (including phenoxy) is 1. The van der Waals surface area contributed by atoms with E-state index in [4.69, 9.17) is 15.0 Å². The molecule has 0 saturated carbocycles. The number of nitrogens with two attached hydrogens (primary N) is 1. The van der Waals surface area contributed by atoms with Crippen LogP contribution in [0.5, 0.6) is 0 Å². The molecule has 1 aliphatic rings. The van der Waals surface area contributed by atoms with Crippen molar-refractivity contribution in [1.29, 1.82) is 0 Å². The Morgan fingerprint density at radius 1 is 1.40 bits per heavy atom. The number of hydrogen-bond acceptors (Lipinski definition) is 5. The number of rotatable bonds is 4. The summed E-state index contributed by atoms with van der Waals surface area (Å²) in [6, 6.07) is 6.18. The molecule has 2 rings (SSSR count). The molecule has 1 aliphatic heterocycles. The highest BCUT2D eigenvalue weighted by Crippen LogP contribution is 2.20. The van der Waals surface area contributed by atoms with Crippen LogP contribution in [0.4, 0.5) is 5.69 Å². The number of anilines is 1. The third-order valence-corrected chi connectivity index (χ3v) is 4.00. The van der Waals surface area contributed by atoms with Gasteiger partial charge in [-0.2, -0.15) is 0 Å². The Bertz CT molecular complexity index is 584. The van der Waals surface area contributed by atoms with Crippen molar-refractivity contribution < 1.29 is 23.1 Å². The minimum atomic E-state index is -3.70. The number of nitrogens with zero attached hydrogens (tertiary/aromatic N) is 1. The molecule has 1 fully saturated rings. The quantitative estimate of drug-likeness (QED) is 0.810. The largest absolute Gasteiger partial charge is 0.481 e. The van der Waals surface area contributed by atoms with Crippen LogP contribution in [-0.4, -0.2) is 45.3 Å². The lowest BCUT2D eigenvalue weighted by atomic mass is 10.2. The van der Waals surface area contributed by atoms with Crippen molar-refractivity contribution in [1.82, 2.24) is 0 Å². The summed E-state index contributed by atoms with van der Waals surface area (Å²) in [6.07, 6.45) is -0.412. The highest BCUT2D eigenvalue weighted by atomic mass is 32.2. The number of primary sulfonamides is 1. The fourth-order valence-corrected chi connectivity index (χ4v) is 2.63. The van der Waals surface area contributed by atoms with E-state index in [9.17, 15) is 13.2 Å². The van der Waals surface area contributed by atoms with E-state index in [2.05, 4.69) is 0 Å². The zero-order chi connectivity index (χ0) is 14.8. The molecule has 3 N–H and O–H groups in total. The Balaban J connectivity index is 2.09. The molecule has 0 radical (unpaired) electrons. The maximum Gasteiger partial charge on any atom is 0.306 e. The van der Waals surface area contributed by atoms with Gasteiger partial charge in [0.15, 0.2) is 0 Å². The topological polar surface area (TPSA) is 110 Å². The minimum absolute atomic E-state index is 0.0498. The summed E-state index contributed by atoms with van der Waals surface area (Å²) in [5.74, 6) is -0.901. The highest BCUT2D eigenvalue weighted by Gasteiger charge is 2.23. The van der Waals surface area contributed by atoms with Crippen LogP contribution in [0, 0.1) is 0 Å². The zero-order valence-electron chi connectivity index (χ0n) is 10.7. The molecule has 20 heavy (non-hydrogen) atoms. The van der Waals surface area contributed by atoms with Gasteiger partial charge in [-0.1, -0.05) is 0 Å². The fourth-order valence-electron chi connectivity index (χ4n) is 2.12. The average Bonchev–Trinajstić information content (AvgIpc) is 2.37. The highest BCUT2D eigenvalue weighted by molar-refractivity contribution is 7.89. The van der Waals surface area contributed by atoms with E-state index in [1.54, 1.807) is 12.1 Å². The Morgan fingerprint density at radius 3 is 2.60 bits per heavy atom. The average molecular weight is 300 g/mol. The van der Waals surface area contributed by atoms with Gasteiger partial charge in [0.1, 0.15) is 0 Å². The summed E-state index contributed by atoms with van der Waals surface area (Å²) in [7, 11) is -3.70. The van der Waals surface area contributed by atoms with Gasteiger partial charge in [-0.05, 0) is 24.3 Å². The number of aliphatic carboxylic acids is 1. The van der Waals surface area contributed by atoms with E-state index in [-0.39, 0.29) is 17.4 Å². The fraction of sp³-hybridized carbons (Fsp3) is 0.417. The lowest BCUT2D eigenvalue weighted by Gasteiger charge is -2.34. The van der Waals surface area contributed by atoms with Crippen molar-refractivity contribution in [3.63, 3.8) is 0 Å². The predicted octanol–water partition coefficient (Wildman–Crippen LogP) is 0.0139. The molecule has 1 atom stereocenters. The molecule has 1 saturated heterocycles. The molecule has 1 aromatic carbocycles. The summed E-state index contributed by atoms with van der Waals surface area (Å²) in [5.41, 5.74) is 0.816. The second-order valence-electron chi connectivity index (χ2n) is 4.58. The van der Waals surface area contributed by atoms with Gasteiger partial charge in [-0.15, -0.1) is 0 Å². The normalized spacial score (nSPS) is 19.9. The van der Waals surface area contributed by atoms with Gasteiger partial charge < -0.3 is 14.7 Å². The molecular formula is C12H16N2O5S. The zero-order valence-corrected chi connectivity index (χ0v) is 11.5. The van der Waals surface area contributed by atoms with E-state index in [1.165, 1.54) is 12.1 Å². The summed E-state index contributed by atoms with van der Waals surface area (Å²) in [6.45, 7) is 1.53. The van der Waals surface area contributed by atoms with Crippen molar-refractivity contribution in [3.8, 4) is 0 Å². The first kappa shape index (κ1) is 14.8. The lowest BCUT2D eigenvalue weighted by molar-refractivity contribution is -0.140. The summed E-state index contributed by atoms with van der Waals surface area (Å²) in [4.78, 5) is 12.7. The van der Waals surface area contributed by atoms with E-state index >= 15 is 0 Å². The number of carboxylic acid groups (broad SMARTS) is 1. The van der Waals surface area contributed by atoms with Crippen LogP contribution in [0.2, 0.25) is 0 Å². The molecule has 0 amide bonds. The van der Waals surface area contributed by atoms with E-state index in [0.29, 0.717) is 19.7 Å². The molecule has 1 aromatic rings. The van der Waals surface area contributed by atoms with Crippen molar-refractivity contribution >= 4 is 21.7 Å². The smallest absolute Gasteiger partial charge is 0.306 e. The van der Waals surface area contributed by atoms with Crippen LogP contribution in [-0.2, 0) is 19.6 Å². The Morgan fingerprint density at radius 2 is 2.05 bits per heavy atom. The van der Waals surface area contributed by atoms with Crippen LogP contribution in [0.15, 0.2) is 29.2 Å². The van der Waals surface area contributed by atoms with Gasteiger partial charge >= 0.3 is 5.97 Å². The van der Waals surface area contributed by atoms with Crippen molar-refractivity contribution in [3.05, 3.63) is 24.3 Å². The molecule has 1 unspecified atom stereocenters. The van der Waals surface area contributed by atoms with Crippen molar-refractivity contribution in [2.75, 3.05) is 24.6 Å². The maximum absolute atomic E-state index is 11.2. The number of benzene rings is 1. The monoisotopic (exact) mass is 300 g/mol. The second-order valence-corrected chi connectivity index (χ2v) is 6.14. The first-order valence-electron chi connectivity index (χ1n) is 6.07. The van der Waals surface area contributed by atoms with Gasteiger partial charge in [-0.25, -0.2) is 13.6 Å². The first-order chi connectivity index (χ1) is 9.36. The number of hydrogen-bond donors (Lipinski definition) is 2. The molecule has 7 nitrogen and oxygen atoms in total. The summed E-state index contributed by atoms with van der Waals surface area (Å²) in [5, 5.41) is 13.8. The Hall–Kier alpha value is -1.64. The van der Waals surface area contributed by atoms with Crippen LogP contribution in [0.1, 0.15) is 6.42 Å². The third kappa shape index (κ3) is 3.69. The predicted molar refractivity (Wildman–Crippen MR) is 72.0 cm³/mol. The summed E-state index contributed by atoms with van der Waals surface area (Å²) < 4.78 is 27.7. The van der Waals surface area contributed by atoms with Crippen molar-refractivity contribution in [2.24, 2.45) is 5.14 Å².